The van der Waals surface area contributed by atoms with Crippen LogP contribution in [-0.4, -0.2) is 30.8 Å². The van der Waals surface area contributed by atoms with Gasteiger partial charge in [-0.3, -0.25) is 4.79 Å². The minimum Gasteiger partial charge on any atom is -0.480 e. The average molecular weight is 237 g/mol. The highest BCUT2D eigenvalue weighted by molar-refractivity contribution is 7.90. The lowest BCUT2D eigenvalue weighted by atomic mass is 9.88. The second-order valence-corrected chi connectivity index (χ2v) is 7.12. The highest BCUT2D eigenvalue weighted by atomic mass is 32.2. The Hall–Kier alpha value is -0.620. The second kappa shape index (κ2) is 4.49. The van der Waals surface area contributed by atoms with Crippen molar-refractivity contribution in [2.75, 3.05) is 0 Å². The van der Waals surface area contributed by atoms with Gasteiger partial charge in [0, 0.05) is 0 Å². The van der Waals surface area contributed by atoms with Crippen LogP contribution in [0.1, 0.15) is 34.6 Å². The molecular weight excluding hydrogens is 218 g/mol. The third-order valence-electron chi connectivity index (χ3n) is 2.02. The predicted molar refractivity (Wildman–Crippen MR) is 58.1 cm³/mol. The number of rotatable bonds is 4. The largest absolute Gasteiger partial charge is 0.480 e. The molecule has 2 N–H and O–H groups in total. The van der Waals surface area contributed by atoms with Crippen LogP contribution >= 0.6 is 0 Å². The maximum atomic E-state index is 11.5. The molecule has 15 heavy (non-hydrogen) atoms. The molecule has 0 rings (SSSR count). The molecule has 0 aromatic carbocycles. The van der Waals surface area contributed by atoms with Crippen molar-refractivity contribution >= 4 is 16.0 Å². The van der Waals surface area contributed by atoms with Crippen LogP contribution in [0.15, 0.2) is 0 Å². The number of carboxylic acids is 1. The number of carbonyl (C=O) groups is 1. The van der Waals surface area contributed by atoms with E-state index in [2.05, 4.69) is 4.72 Å². The molecule has 0 bridgehead atoms. The van der Waals surface area contributed by atoms with Crippen LogP contribution in [0.4, 0.5) is 0 Å². The van der Waals surface area contributed by atoms with Gasteiger partial charge >= 0.3 is 5.97 Å². The summed E-state index contributed by atoms with van der Waals surface area (Å²) in [5, 5.41) is 8.29. The van der Waals surface area contributed by atoms with E-state index in [1.54, 1.807) is 20.8 Å². The van der Waals surface area contributed by atoms with Gasteiger partial charge in [0.15, 0.2) is 0 Å². The van der Waals surface area contributed by atoms with E-state index in [0.717, 1.165) is 0 Å². The molecule has 0 aliphatic carbocycles. The molecular formula is C9H19NO4S. The van der Waals surface area contributed by atoms with E-state index < -0.39 is 32.7 Å². The van der Waals surface area contributed by atoms with Gasteiger partial charge in [-0.15, -0.1) is 0 Å². The van der Waals surface area contributed by atoms with E-state index in [1.165, 1.54) is 13.8 Å². The highest BCUT2D eigenvalue weighted by Gasteiger charge is 2.35. The van der Waals surface area contributed by atoms with E-state index in [9.17, 15) is 13.2 Å². The van der Waals surface area contributed by atoms with Gasteiger partial charge in [0.25, 0.3) is 0 Å². The number of hydrogen-bond acceptors (Lipinski definition) is 3. The smallest absolute Gasteiger partial charge is 0.322 e. The normalized spacial score (nSPS) is 15.3. The summed E-state index contributed by atoms with van der Waals surface area (Å²) in [6.07, 6.45) is 0. The number of aliphatic carboxylic acids is 1. The summed E-state index contributed by atoms with van der Waals surface area (Å²) in [6, 6.07) is -1.11. The van der Waals surface area contributed by atoms with Crippen LogP contribution in [0.25, 0.3) is 0 Å². The molecule has 0 fully saturated rings. The topological polar surface area (TPSA) is 83.5 Å². The van der Waals surface area contributed by atoms with Gasteiger partial charge in [-0.2, -0.15) is 0 Å². The molecule has 0 aromatic rings. The molecule has 0 heterocycles. The predicted octanol–water partition coefficient (Wildman–Crippen LogP) is 0.813. The van der Waals surface area contributed by atoms with Crippen molar-refractivity contribution in [3.8, 4) is 0 Å². The Morgan fingerprint density at radius 2 is 1.67 bits per heavy atom. The van der Waals surface area contributed by atoms with E-state index in [0.29, 0.717) is 0 Å². The monoisotopic (exact) mass is 237 g/mol. The van der Waals surface area contributed by atoms with Gasteiger partial charge < -0.3 is 5.11 Å². The van der Waals surface area contributed by atoms with Crippen molar-refractivity contribution in [1.82, 2.24) is 4.72 Å². The zero-order valence-corrected chi connectivity index (χ0v) is 10.6. The standard InChI is InChI=1S/C9H19NO4S/c1-6(2)15(13,14)10-7(8(11)12)9(3,4)5/h6-7,10H,1-5H3,(H,11,12)/t7-/m1/s1. The highest BCUT2D eigenvalue weighted by Crippen LogP contribution is 2.20. The summed E-state index contributed by atoms with van der Waals surface area (Å²) in [7, 11) is -3.56. The van der Waals surface area contributed by atoms with E-state index in [4.69, 9.17) is 5.11 Å². The minimum absolute atomic E-state index is 0.637. The van der Waals surface area contributed by atoms with Crippen LogP contribution in [0.5, 0.6) is 0 Å². The molecule has 1 atom stereocenters. The summed E-state index contributed by atoms with van der Waals surface area (Å²) < 4.78 is 25.2. The summed E-state index contributed by atoms with van der Waals surface area (Å²) in [5.74, 6) is -1.16. The zero-order valence-electron chi connectivity index (χ0n) is 9.73. The molecule has 0 radical (unpaired) electrons. The van der Waals surface area contributed by atoms with Crippen molar-refractivity contribution in [3.05, 3.63) is 0 Å². The van der Waals surface area contributed by atoms with Crippen molar-refractivity contribution < 1.29 is 18.3 Å². The SMILES string of the molecule is CC(C)S(=O)(=O)N[C@H](C(=O)O)C(C)(C)C. The van der Waals surface area contributed by atoms with Crippen LogP contribution < -0.4 is 4.72 Å². The lowest BCUT2D eigenvalue weighted by Gasteiger charge is -2.28. The third-order valence-corrected chi connectivity index (χ3v) is 3.82. The molecule has 0 aliphatic heterocycles. The first kappa shape index (κ1) is 14.4. The second-order valence-electron chi connectivity index (χ2n) is 4.85. The Balaban J connectivity index is 4.97. The maximum Gasteiger partial charge on any atom is 0.322 e. The molecule has 0 aliphatic rings. The molecule has 5 nitrogen and oxygen atoms in total. The van der Waals surface area contributed by atoms with Gasteiger partial charge in [-0.1, -0.05) is 20.8 Å². The molecule has 6 heteroatoms. The lowest BCUT2D eigenvalue weighted by molar-refractivity contribution is -0.141. The van der Waals surface area contributed by atoms with Crippen LogP contribution in [-0.2, 0) is 14.8 Å². The molecule has 0 saturated carbocycles. The van der Waals surface area contributed by atoms with Crippen LogP contribution in [0.3, 0.4) is 0 Å². The fourth-order valence-electron chi connectivity index (χ4n) is 0.898. The number of carboxylic acid groups (broad SMARTS) is 1. The quantitative estimate of drug-likeness (QED) is 0.758. The average Bonchev–Trinajstić information content (AvgIpc) is 1.97. The van der Waals surface area contributed by atoms with Crippen molar-refractivity contribution in [2.45, 2.75) is 45.9 Å². The first-order chi connectivity index (χ1) is 6.48. The van der Waals surface area contributed by atoms with Gasteiger partial charge in [-0.05, 0) is 19.3 Å². The van der Waals surface area contributed by atoms with Crippen LogP contribution in [0.2, 0.25) is 0 Å². The van der Waals surface area contributed by atoms with Gasteiger partial charge in [0.05, 0.1) is 5.25 Å². The summed E-state index contributed by atoms with van der Waals surface area (Å²) >= 11 is 0. The molecule has 0 unspecified atom stereocenters. The molecule has 0 saturated heterocycles. The minimum atomic E-state index is -3.56. The Bertz CT molecular complexity index is 327. The Labute approximate surface area is 90.9 Å². The van der Waals surface area contributed by atoms with Gasteiger partial charge in [-0.25, -0.2) is 13.1 Å². The Morgan fingerprint density at radius 1 is 1.27 bits per heavy atom. The summed E-state index contributed by atoms with van der Waals surface area (Å²) in [4.78, 5) is 10.9. The van der Waals surface area contributed by atoms with Crippen molar-refractivity contribution in [1.29, 1.82) is 0 Å². The first-order valence-electron chi connectivity index (χ1n) is 4.72. The Kier molecular flexibility index (Phi) is 4.30. The number of sulfonamides is 1. The maximum absolute atomic E-state index is 11.5. The fraction of sp³-hybridized carbons (Fsp3) is 0.889. The molecule has 0 aromatic heterocycles. The Morgan fingerprint density at radius 3 is 1.87 bits per heavy atom. The van der Waals surface area contributed by atoms with Crippen molar-refractivity contribution in [2.24, 2.45) is 5.41 Å². The van der Waals surface area contributed by atoms with Crippen LogP contribution in [0, 0.1) is 5.41 Å². The van der Waals surface area contributed by atoms with E-state index >= 15 is 0 Å². The first-order valence-corrected chi connectivity index (χ1v) is 6.27. The number of nitrogens with one attached hydrogen (secondary N) is 1. The third kappa shape index (κ3) is 4.17. The lowest BCUT2D eigenvalue weighted by Crippen LogP contribution is -2.50. The number of hydrogen-bond donors (Lipinski definition) is 2. The molecule has 90 valence electrons. The van der Waals surface area contributed by atoms with Gasteiger partial charge in [0.2, 0.25) is 10.0 Å². The summed E-state index contributed by atoms with van der Waals surface area (Å²) in [5.41, 5.74) is -0.659. The molecule has 0 amide bonds. The van der Waals surface area contributed by atoms with E-state index in [-0.39, 0.29) is 0 Å². The van der Waals surface area contributed by atoms with Gasteiger partial charge in [0.1, 0.15) is 6.04 Å². The molecule has 0 spiro atoms. The van der Waals surface area contributed by atoms with E-state index in [1.807, 2.05) is 0 Å². The van der Waals surface area contributed by atoms with Crippen molar-refractivity contribution in [3.63, 3.8) is 0 Å². The fourth-order valence-corrected chi connectivity index (χ4v) is 1.95. The zero-order chi connectivity index (χ0) is 12.4. The summed E-state index contributed by atoms with van der Waals surface area (Å²) in [6.45, 7) is 8.03.